The SMILES string of the molecule is COc1cccc(C(=O)Nc2c(Cl)cc(Cl)cc2Cl)c1O. The summed E-state index contributed by atoms with van der Waals surface area (Å²) in [6.45, 7) is 0. The van der Waals surface area contributed by atoms with Crippen molar-refractivity contribution in [2.75, 3.05) is 12.4 Å². The third kappa shape index (κ3) is 3.35. The van der Waals surface area contributed by atoms with Crippen molar-refractivity contribution in [1.82, 2.24) is 0 Å². The largest absolute Gasteiger partial charge is 0.504 e. The van der Waals surface area contributed by atoms with Crippen LogP contribution in [0.15, 0.2) is 30.3 Å². The van der Waals surface area contributed by atoms with E-state index in [-0.39, 0.29) is 32.8 Å². The number of carbonyl (C=O) groups is 1. The van der Waals surface area contributed by atoms with Crippen LogP contribution in [0.1, 0.15) is 10.4 Å². The fourth-order valence-electron chi connectivity index (χ4n) is 1.71. The number of halogens is 3. The molecule has 0 radical (unpaired) electrons. The van der Waals surface area contributed by atoms with Gasteiger partial charge in [-0.2, -0.15) is 0 Å². The molecule has 0 atom stereocenters. The minimum absolute atomic E-state index is 0.0384. The molecule has 0 aliphatic rings. The number of ether oxygens (including phenoxy) is 1. The number of amides is 1. The van der Waals surface area contributed by atoms with Gasteiger partial charge in [-0.25, -0.2) is 0 Å². The molecule has 2 aromatic carbocycles. The van der Waals surface area contributed by atoms with E-state index in [1.54, 1.807) is 6.07 Å². The van der Waals surface area contributed by atoms with Gasteiger partial charge in [0.25, 0.3) is 5.91 Å². The summed E-state index contributed by atoms with van der Waals surface area (Å²) in [4.78, 5) is 12.2. The Balaban J connectivity index is 2.35. The fourth-order valence-corrected chi connectivity index (χ4v) is 2.62. The predicted octanol–water partition coefficient (Wildman–Crippen LogP) is 4.61. The van der Waals surface area contributed by atoms with Gasteiger partial charge in [-0.15, -0.1) is 0 Å². The first-order valence-corrected chi connectivity index (χ1v) is 6.89. The van der Waals surface area contributed by atoms with Gasteiger partial charge < -0.3 is 15.2 Å². The van der Waals surface area contributed by atoms with Gasteiger partial charge >= 0.3 is 0 Å². The number of aromatic hydroxyl groups is 1. The van der Waals surface area contributed by atoms with E-state index in [1.165, 1.54) is 31.4 Å². The summed E-state index contributed by atoms with van der Waals surface area (Å²) >= 11 is 17.8. The van der Waals surface area contributed by atoms with Gasteiger partial charge in [0.05, 0.1) is 28.4 Å². The Morgan fingerprint density at radius 1 is 1.19 bits per heavy atom. The van der Waals surface area contributed by atoms with Crippen LogP contribution in [0.5, 0.6) is 11.5 Å². The van der Waals surface area contributed by atoms with Crippen molar-refractivity contribution >= 4 is 46.4 Å². The molecule has 0 aliphatic heterocycles. The lowest BCUT2D eigenvalue weighted by atomic mass is 10.1. The summed E-state index contributed by atoms with van der Waals surface area (Å²) in [7, 11) is 1.39. The van der Waals surface area contributed by atoms with Crippen LogP contribution in [0.25, 0.3) is 0 Å². The summed E-state index contributed by atoms with van der Waals surface area (Å²) in [5, 5.41) is 13.2. The number of phenolic OH excluding ortho intramolecular Hbond substituents is 1. The quantitative estimate of drug-likeness (QED) is 0.853. The van der Waals surface area contributed by atoms with Crippen molar-refractivity contribution in [3.05, 3.63) is 51.0 Å². The number of hydrogen-bond donors (Lipinski definition) is 2. The molecule has 0 saturated carbocycles. The van der Waals surface area contributed by atoms with E-state index in [9.17, 15) is 9.90 Å². The molecule has 0 fully saturated rings. The highest BCUT2D eigenvalue weighted by molar-refractivity contribution is 6.42. The lowest BCUT2D eigenvalue weighted by molar-refractivity contribution is 0.102. The van der Waals surface area contributed by atoms with Crippen LogP contribution in [-0.4, -0.2) is 18.1 Å². The Morgan fingerprint density at radius 3 is 2.38 bits per heavy atom. The molecule has 4 nitrogen and oxygen atoms in total. The van der Waals surface area contributed by atoms with Gasteiger partial charge in [0.2, 0.25) is 0 Å². The van der Waals surface area contributed by atoms with E-state index >= 15 is 0 Å². The van der Waals surface area contributed by atoms with Crippen molar-refractivity contribution in [3.63, 3.8) is 0 Å². The lowest BCUT2D eigenvalue weighted by Crippen LogP contribution is -2.13. The molecule has 2 N–H and O–H groups in total. The van der Waals surface area contributed by atoms with Crippen LogP contribution in [0.3, 0.4) is 0 Å². The maximum Gasteiger partial charge on any atom is 0.259 e. The zero-order valence-electron chi connectivity index (χ0n) is 10.8. The molecule has 7 heteroatoms. The Hall–Kier alpha value is -1.62. The lowest BCUT2D eigenvalue weighted by Gasteiger charge is -2.12. The van der Waals surface area contributed by atoms with Crippen molar-refractivity contribution in [2.45, 2.75) is 0 Å². The Bertz CT molecular complexity index is 681. The van der Waals surface area contributed by atoms with Crippen molar-refractivity contribution < 1.29 is 14.6 Å². The second-order valence-corrected chi connectivity index (χ2v) is 5.31. The maximum atomic E-state index is 12.2. The Labute approximate surface area is 136 Å². The van der Waals surface area contributed by atoms with Gasteiger partial charge in [-0.1, -0.05) is 40.9 Å². The monoisotopic (exact) mass is 345 g/mol. The highest BCUT2D eigenvalue weighted by atomic mass is 35.5. The number of carbonyl (C=O) groups excluding carboxylic acids is 1. The summed E-state index contributed by atoms with van der Waals surface area (Å²) in [6.07, 6.45) is 0. The topological polar surface area (TPSA) is 58.6 Å². The third-order valence-electron chi connectivity index (χ3n) is 2.71. The van der Waals surface area contributed by atoms with Gasteiger partial charge in [-0.05, 0) is 24.3 Å². The molecule has 0 aromatic heterocycles. The first-order chi connectivity index (χ1) is 9.93. The van der Waals surface area contributed by atoms with E-state index in [1.807, 2.05) is 0 Å². The average molecular weight is 347 g/mol. The standard InChI is InChI=1S/C14H10Cl3NO3/c1-21-11-4-2-3-8(13(11)19)14(20)18-12-9(16)5-7(15)6-10(12)17/h2-6,19H,1H3,(H,18,20). The van der Waals surface area contributed by atoms with E-state index in [2.05, 4.69) is 5.32 Å². The minimum atomic E-state index is -0.572. The minimum Gasteiger partial charge on any atom is -0.504 e. The number of phenols is 1. The van der Waals surface area contributed by atoms with Gasteiger partial charge in [0.1, 0.15) is 0 Å². The highest BCUT2D eigenvalue weighted by Gasteiger charge is 2.17. The highest BCUT2D eigenvalue weighted by Crippen LogP contribution is 2.35. The molecule has 21 heavy (non-hydrogen) atoms. The van der Waals surface area contributed by atoms with Gasteiger partial charge in [-0.3, -0.25) is 4.79 Å². The van der Waals surface area contributed by atoms with E-state index in [0.29, 0.717) is 5.02 Å². The van der Waals surface area contributed by atoms with Crippen LogP contribution in [0, 0.1) is 0 Å². The van der Waals surface area contributed by atoms with Crippen molar-refractivity contribution in [3.8, 4) is 11.5 Å². The predicted molar refractivity (Wildman–Crippen MR) is 84.1 cm³/mol. The van der Waals surface area contributed by atoms with Crippen LogP contribution >= 0.6 is 34.8 Å². The number of anilines is 1. The number of para-hydroxylation sites is 1. The molecule has 0 bridgehead atoms. The smallest absolute Gasteiger partial charge is 0.259 e. The molecule has 0 unspecified atom stereocenters. The van der Waals surface area contributed by atoms with Crippen LogP contribution in [0.2, 0.25) is 15.1 Å². The fraction of sp³-hybridized carbons (Fsp3) is 0.0714. The van der Waals surface area contributed by atoms with Crippen LogP contribution in [-0.2, 0) is 0 Å². The van der Waals surface area contributed by atoms with E-state index in [4.69, 9.17) is 39.5 Å². The Morgan fingerprint density at radius 2 is 1.81 bits per heavy atom. The second-order valence-electron chi connectivity index (χ2n) is 4.05. The van der Waals surface area contributed by atoms with Crippen molar-refractivity contribution in [2.24, 2.45) is 0 Å². The number of benzene rings is 2. The summed E-state index contributed by atoms with van der Waals surface area (Å²) in [5.74, 6) is -0.646. The number of nitrogens with one attached hydrogen (secondary N) is 1. The average Bonchev–Trinajstić information content (AvgIpc) is 2.42. The maximum absolute atomic E-state index is 12.2. The summed E-state index contributed by atoms with van der Waals surface area (Å²) < 4.78 is 4.95. The molecule has 0 aliphatic carbocycles. The molecular formula is C14H10Cl3NO3. The van der Waals surface area contributed by atoms with Gasteiger partial charge in [0, 0.05) is 5.02 Å². The molecule has 1 amide bonds. The van der Waals surface area contributed by atoms with Gasteiger partial charge in [0.15, 0.2) is 11.5 Å². The summed E-state index contributed by atoms with van der Waals surface area (Å²) in [6, 6.07) is 7.48. The third-order valence-corrected chi connectivity index (χ3v) is 3.52. The van der Waals surface area contributed by atoms with Crippen LogP contribution in [0.4, 0.5) is 5.69 Å². The Kier molecular flexibility index (Phi) is 4.83. The molecule has 2 rings (SSSR count). The molecule has 110 valence electrons. The number of hydrogen-bond acceptors (Lipinski definition) is 3. The molecule has 0 heterocycles. The zero-order valence-corrected chi connectivity index (χ0v) is 13.1. The summed E-state index contributed by atoms with van der Waals surface area (Å²) in [5.41, 5.74) is 0.256. The first kappa shape index (κ1) is 15.8. The molecular weight excluding hydrogens is 337 g/mol. The number of methoxy groups -OCH3 is 1. The molecule has 0 saturated heterocycles. The van der Waals surface area contributed by atoms with Crippen molar-refractivity contribution in [1.29, 1.82) is 0 Å². The first-order valence-electron chi connectivity index (χ1n) is 5.76. The molecule has 0 spiro atoms. The van der Waals surface area contributed by atoms with E-state index in [0.717, 1.165) is 0 Å². The molecule has 2 aromatic rings. The van der Waals surface area contributed by atoms with E-state index < -0.39 is 5.91 Å². The number of rotatable bonds is 3. The normalized spacial score (nSPS) is 10.3. The van der Waals surface area contributed by atoms with Crippen LogP contribution < -0.4 is 10.1 Å². The zero-order chi connectivity index (χ0) is 15.6. The second kappa shape index (κ2) is 6.43.